The van der Waals surface area contributed by atoms with Crippen molar-refractivity contribution in [2.24, 2.45) is 23.2 Å². The molecule has 144 valence electrons. The minimum atomic E-state index is 0.547. The van der Waals surface area contributed by atoms with E-state index in [1.807, 2.05) is 0 Å². The van der Waals surface area contributed by atoms with Crippen molar-refractivity contribution in [1.82, 2.24) is 5.32 Å². The van der Waals surface area contributed by atoms with E-state index in [9.17, 15) is 0 Å². The van der Waals surface area contributed by atoms with Crippen LogP contribution >= 0.6 is 0 Å². The van der Waals surface area contributed by atoms with Crippen LogP contribution in [0.4, 0.5) is 0 Å². The molecule has 0 amide bonds. The highest BCUT2D eigenvalue weighted by atomic mass is 16.5. The Balaban J connectivity index is 1.39. The summed E-state index contributed by atoms with van der Waals surface area (Å²) in [6.07, 6.45) is 8.93. The normalized spacial score (nSPS) is 32.7. The zero-order valence-electron chi connectivity index (χ0n) is 16.8. The molecule has 0 spiro atoms. The van der Waals surface area contributed by atoms with Crippen LogP contribution in [0.1, 0.15) is 57.9 Å². The molecule has 0 heterocycles. The van der Waals surface area contributed by atoms with Crippen LogP contribution in [-0.4, -0.2) is 12.6 Å². The van der Waals surface area contributed by atoms with Crippen molar-refractivity contribution in [3.63, 3.8) is 0 Å². The highest BCUT2D eigenvalue weighted by Gasteiger charge is 2.52. The summed E-state index contributed by atoms with van der Waals surface area (Å²) < 4.78 is 5.99. The molecule has 1 N–H and O–H groups in total. The van der Waals surface area contributed by atoms with Gasteiger partial charge in [0.25, 0.3) is 0 Å². The van der Waals surface area contributed by atoms with Crippen LogP contribution in [0, 0.1) is 23.2 Å². The molecule has 6 rings (SSSR count). The summed E-state index contributed by atoms with van der Waals surface area (Å²) in [6, 6.07) is 13.6. The Labute approximate surface area is 163 Å². The van der Waals surface area contributed by atoms with Gasteiger partial charge >= 0.3 is 0 Å². The van der Waals surface area contributed by atoms with E-state index < -0.39 is 0 Å². The maximum absolute atomic E-state index is 5.99. The quantitative estimate of drug-likeness (QED) is 0.686. The molecular formula is C25H33NO. The molecule has 4 fully saturated rings. The van der Waals surface area contributed by atoms with E-state index in [0.29, 0.717) is 11.5 Å². The lowest BCUT2D eigenvalue weighted by Crippen LogP contribution is -2.54. The Morgan fingerprint density at radius 2 is 1.67 bits per heavy atom. The molecule has 4 aliphatic carbocycles. The minimum absolute atomic E-state index is 0.547. The van der Waals surface area contributed by atoms with Crippen LogP contribution < -0.4 is 10.1 Å². The number of ether oxygens (including phenoxy) is 1. The van der Waals surface area contributed by atoms with Gasteiger partial charge in [-0.1, -0.05) is 30.3 Å². The minimum Gasteiger partial charge on any atom is -0.494 e. The van der Waals surface area contributed by atoms with Crippen LogP contribution in [0.3, 0.4) is 0 Å². The summed E-state index contributed by atoms with van der Waals surface area (Å²) in [6.45, 7) is 6.15. The zero-order chi connectivity index (χ0) is 18.4. The highest BCUT2D eigenvalue weighted by Crippen LogP contribution is 2.61. The van der Waals surface area contributed by atoms with Crippen molar-refractivity contribution in [3.05, 3.63) is 42.0 Å². The second-order valence-electron chi connectivity index (χ2n) is 9.58. The molecule has 4 bridgehead atoms. The van der Waals surface area contributed by atoms with Gasteiger partial charge in [-0.05, 0) is 92.4 Å². The standard InChI is InChI=1S/C25H33NO/c1-3-27-24-9-8-21-6-4-5-7-22(21)23(24)16-26-17(2)25-13-18-10-19(14-25)12-20(11-18)15-25/h4-9,17-20,26H,3,10-16H2,1-2H3. The Morgan fingerprint density at radius 3 is 2.33 bits per heavy atom. The molecule has 1 unspecified atom stereocenters. The third kappa shape index (κ3) is 3.06. The van der Waals surface area contributed by atoms with Gasteiger partial charge in [0.05, 0.1) is 6.61 Å². The van der Waals surface area contributed by atoms with Gasteiger partial charge < -0.3 is 10.1 Å². The number of hydrogen-bond donors (Lipinski definition) is 1. The predicted molar refractivity (Wildman–Crippen MR) is 112 cm³/mol. The molecule has 4 saturated carbocycles. The largest absolute Gasteiger partial charge is 0.494 e. The van der Waals surface area contributed by atoms with E-state index in [4.69, 9.17) is 4.74 Å². The fraction of sp³-hybridized carbons (Fsp3) is 0.600. The third-order valence-corrected chi connectivity index (χ3v) is 7.89. The summed E-state index contributed by atoms with van der Waals surface area (Å²) >= 11 is 0. The summed E-state index contributed by atoms with van der Waals surface area (Å²) in [4.78, 5) is 0. The van der Waals surface area contributed by atoms with E-state index >= 15 is 0 Å². The first kappa shape index (κ1) is 17.6. The van der Waals surface area contributed by atoms with E-state index in [1.54, 1.807) is 0 Å². The van der Waals surface area contributed by atoms with Crippen molar-refractivity contribution in [1.29, 1.82) is 0 Å². The van der Waals surface area contributed by atoms with Crippen molar-refractivity contribution < 1.29 is 4.74 Å². The Hall–Kier alpha value is -1.54. The van der Waals surface area contributed by atoms with Crippen LogP contribution in [0.2, 0.25) is 0 Å². The Kier molecular flexibility index (Phi) is 4.43. The van der Waals surface area contributed by atoms with Crippen molar-refractivity contribution in [3.8, 4) is 5.75 Å². The maximum Gasteiger partial charge on any atom is 0.124 e. The van der Waals surface area contributed by atoms with Crippen molar-refractivity contribution >= 4 is 10.8 Å². The molecule has 0 aromatic heterocycles. The first-order valence-corrected chi connectivity index (χ1v) is 11.0. The van der Waals surface area contributed by atoms with Crippen LogP contribution in [0.25, 0.3) is 10.8 Å². The average molecular weight is 364 g/mol. The lowest BCUT2D eigenvalue weighted by Gasteiger charge is -2.59. The molecule has 2 aromatic carbocycles. The number of nitrogens with one attached hydrogen (secondary N) is 1. The van der Waals surface area contributed by atoms with Gasteiger partial charge in [0.15, 0.2) is 0 Å². The van der Waals surface area contributed by atoms with Gasteiger partial charge in [0, 0.05) is 18.2 Å². The zero-order valence-corrected chi connectivity index (χ0v) is 16.8. The molecular weight excluding hydrogens is 330 g/mol. The van der Waals surface area contributed by atoms with E-state index in [0.717, 1.165) is 36.7 Å². The fourth-order valence-electron chi connectivity index (χ4n) is 6.97. The van der Waals surface area contributed by atoms with Gasteiger partial charge in [-0.15, -0.1) is 0 Å². The molecule has 0 radical (unpaired) electrons. The summed E-state index contributed by atoms with van der Waals surface area (Å²) in [5.74, 6) is 4.08. The molecule has 2 heteroatoms. The highest BCUT2D eigenvalue weighted by molar-refractivity contribution is 5.87. The van der Waals surface area contributed by atoms with Gasteiger partial charge in [-0.2, -0.15) is 0 Å². The predicted octanol–water partition coefficient (Wildman–Crippen LogP) is 5.93. The number of rotatable bonds is 6. The number of benzene rings is 2. The second-order valence-corrected chi connectivity index (χ2v) is 9.58. The maximum atomic E-state index is 5.99. The molecule has 2 nitrogen and oxygen atoms in total. The summed E-state index contributed by atoms with van der Waals surface area (Å²) in [5, 5.41) is 6.60. The van der Waals surface area contributed by atoms with Crippen LogP contribution in [-0.2, 0) is 6.54 Å². The number of fused-ring (bicyclic) bond motifs is 1. The molecule has 27 heavy (non-hydrogen) atoms. The van der Waals surface area contributed by atoms with Gasteiger partial charge in [0.2, 0.25) is 0 Å². The van der Waals surface area contributed by atoms with Gasteiger partial charge in [-0.3, -0.25) is 0 Å². The smallest absolute Gasteiger partial charge is 0.124 e. The van der Waals surface area contributed by atoms with E-state index in [2.05, 4.69) is 55.6 Å². The monoisotopic (exact) mass is 363 g/mol. The fourth-order valence-corrected chi connectivity index (χ4v) is 6.97. The van der Waals surface area contributed by atoms with Crippen molar-refractivity contribution in [2.45, 2.75) is 65.0 Å². The molecule has 0 aliphatic heterocycles. The lowest BCUT2D eigenvalue weighted by molar-refractivity contribution is -0.0706. The summed E-state index contributed by atoms with van der Waals surface area (Å²) in [7, 11) is 0. The molecule has 1 atom stereocenters. The van der Waals surface area contributed by atoms with Crippen LogP contribution in [0.15, 0.2) is 36.4 Å². The lowest BCUT2D eigenvalue weighted by atomic mass is 9.48. The first-order chi connectivity index (χ1) is 13.2. The summed E-state index contributed by atoms with van der Waals surface area (Å²) in [5.41, 5.74) is 1.87. The molecule has 2 aromatic rings. The Morgan fingerprint density at radius 1 is 1.00 bits per heavy atom. The molecule has 0 saturated heterocycles. The van der Waals surface area contributed by atoms with Crippen molar-refractivity contribution in [2.75, 3.05) is 6.61 Å². The SMILES string of the molecule is CCOc1ccc2ccccc2c1CNC(C)C12CC3CC(CC(C3)C1)C2. The number of hydrogen-bond acceptors (Lipinski definition) is 2. The topological polar surface area (TPSA) is 21.3 Å². The first-order valence-electron chi connectivity index (χ1n) is 11.0. The van der Waals surface area contributed by atoms with Gasteiger partial charge in [-0.25, -0.2) is 0 Å². The Bertz CT molecular complexity index is 791. The third-order valence-electron chi connectivity index (χ3n) is 7.89. The second kappa shape index (κ2) is 6.81. The van der Waals surface area contributed by atoms with E-state index in [-0.39, 0.29) is 0 Å². The van der Waals surface area contributed by atoms with Crippen LogP contribution in [0.5, 0.6) is 5.75 Å². The van der Waals surface area contributed by atoms with E-state index in [1.165, 1.54) is 54.9 Å². The average Bonchev–Trinajstić information content (AvgIpc) is 2.66. The molecule has 4 aliphatic rings. The van der Waals surface area contributed by atoms with Gasteiger partial charge in [0.1, 0.15) is 5.75 Å².